The van der Waals surface area contributed by atoms with Gasteiger partial charge in [0.15, 0.2) is 0 Å². The third kappa shape index (κ3) is 5.80. The van der Waals surface area contributed by atoms with Crippen LogP contribution in [0.1, 0.15) is 5.56 Å². The first-order valence-electron chi connectivity index (χ1n) is 7.75. The predicted octanol–water partition coefficient (Wildman–Crippen LogP) is 1.86. The van der Waals surface area contributed by atoms with Gasteiger partial charge >= 0.3 is 10.1 Å². The first kappa shape index (κ1) is 20.4. The van der Waals surface area contributed by atoms with Gasteiger partial charge in [-0.3, -0.25) is 0 Å². The highest BCUT2D eigenvalue weighted by Crippen LogP contribution is 2.20. The smallest absolute Gasteiger partial charge is 0.306 e. The quantitative estimate of drug-likeness (QED) is 0.598. The molecule has 0 radical (unpaired) electrons. The van der Waals surface area contributed by atoms with E-state index in [2.05, 4.69) is 0 Å². The van der Waals surface area contributed by atoms with Crippen LogP contribution < -0.4 is 4.18 Å². The van der Waals surface area contributed by atoms with Gasteiger partial charge in [-0.1, -0.05) is 30.3 Å². The van der Waals surface area contributed by atoms with Crippen molar-refractivity contribution in [2.75, 3.05) is 26.5 Å². The zero-order valence-corrected chi connectivity index (χ0v) is 16.2. The number of nitrogens with zero attached hydrogens (tertiary/aromatic N) is 1. The molecule has 0 saturated heterocycles. The van der Waals surface area contributed by atoms with Crippen LogP contribution in [0.25, 0.3) is 0 Å². The molecule has 26 heavy (non-hydrogen) atoms. The molecule has 0 bridgehead atoms. The summed E-state index contributed by atoms with van der Waals surface area (Å²) in [5, 5.41) is 0. The number of ether oxygens (including phenoxy) is 1. The van der Waals surface area contributed by atoms with E-state index in [4.69, 9.17) is 8.92 Å². The van der Waals surface area contributed by atoms with Crippen LogP contribution in [0.2, 0.25) is 0 Å². The third-order valence-corrected chi connectivity index (χ3v) is 5.81. The molecule has 0 unspecified atom stereocenters. The van der Waals surface area contributed by atoms with E-state index in [1.54, 1.807) is 30.3 Å². The molecule has 2 aromatic carbocycles. The van der Waals surface area contributed by atoms with Gasteiger partial charge in [0, 0.05) is 20.2 Å². The van der Waals surface area contributed by atoms with Gasteiger partial charge in [-0.05, 0) is 29.8 Å². The van der Waals surface area contributed by atoms with Crippen LogP contribution >= 0.6 is 0 Å². The molecule has 0 saturated carbocycles. The minimum atomic E-state index is -3.68. The normalized spacial score (nSPS) is 12.3. The van der Waals surface area contributed by atoms with E-state index in [1.165, 1.54) is 35.7 Å². The number of methoxy groups -OCH3 is 1. The number of hydrogen-bond donors (Lipinski definition) is 0. The largest absolute Gasteiger partial charge is 0.383 e. The van der Waals surface area contributed by atoms with Crippen LogP contribution in [0.15, 0.2) is 59.5 Å². The van der Waals surface area contributed by atoms with Crippen molar-refractivity contribution in [3.8, 4) is 5.75 Å². The van der Waals surface area contributed by atoms with Crippen molar-refractivity contribution in [3.63, 3.8) is 0 Å². The Morgan fingerprint density at radius 2 is 1.54 bits per heavy atom. The van der Waals surface area contributed by atoms with Crippen LogP contribution in [-0.2, 0) is 31.4 Å². The molecule has 0 atom stereocenters. The SMILES string of the molecule is COCCN(Cc1ccc(OS(C)(=O)=O)cc1)S(=O)(=O)c1ccccc1. The van der Waals surface area contributed by atoms with Gasteiger partial charge in [-0.2, -0.15) is 12.7 Å². The van der Waals surface area contributed by atoms with E-state index in [-0.39, 0.29) is 30.3 Å². The summed E-state index contributed by atoms with van der Waals surface area (Å²) < 4.78 is 59.1. The summed E-state index contributed by atoms with van der Waals surface area (Å²) in [6.45, 7) is 0.566. The summed E-state index contributed by atoms with van der Waals surface area (Å²) in [5.41, 5.74) is 0.696. The maximum atomic E-state index is 12.9. The minimum absolute atomic E-state index is 0.125. The Labute approximate surface area is 154 Å². The Kier molecular flexibility index (Phi) is 6.76. The summed E-state index contributed by atoms with van der Waals surface area (Å²) in [6, 6.07) is 14.4. The minimum Gasteiger partial charge on any atom is -0.383 e. The van der Waals surface area contributed by atoms with E-state index < -0.39 is 20.1 Å². The predicted molar refractivity (Wildman–Crippen MR) is 97.8 cm³/mol. The maximum Gasteiger partial charge on any atom is 0.306 e. The van der Waals surface area contributed by atoms with Crippen molar-refractivity contribution >= 4 is 20.1 Å². The summed E-state index contributed by atoms with van der Waals surface area (Å²) >= 11 is 0. The first-order chi connectivity index (χ1) is 12.2. The summed E-state index contributed by atoms with van der Waals surface area (Å²) in [5.74, 6) is 0.172. The average molecular weight is 399 g/mol. The fraction of sp³-hybridized carbons (Fsp3) is 0.294. The Balaban J connectivity index is 2.23. The van der Waals surface area contributed by atoms with Gasteiger partial charge < -0.3 is 8.92 Å². The van der Waals surface area contributed by atoms with Gasteiger partial charge in [0.2, 0.25) is 10.0 Å². The lowest BCUT2D eigenvalue weighted by atomic mass is 10.2. The van der Waals surface area contributed by atoms with Crippen molar-refractivity contribution in [1.29, 1.82) is 0 Å². The molecule has 0 amide bonds. The molecule has 0 spiro atoms. The summed E-state index contributed by atoms with van der Waals surface area (Å²) in [6.07, 6.45) is 0.958. The summed E-state index contributed by atoms with van der Waals surface area (Å²) in [4.78, 5) is 0.202. The summed E-state index contributed by atoms with van der Waals surface area (Å²) in [7, 11) is -5.79. The Morgan fingerprint density at radius 1 is 0.923 bits per heavy atom. The average Bonchev–Trinajstić information content (AvgIpc) is 2.59. The second-order valence-corrected chi connectivity index (χ2v) is 9.09. The third-order valence-electron chi connectivity index (χ3n) is 3.46. The fourth-order valence-corrected chi connectivity index (χ4v) is 4.14. The molecule has 2 aromatic rings. The molecule has 0 N–H and O–H groups in total. The second-order valence-electron chi connectivity index (χ2n) is 5.58. The molecular formula is C17H21NO6S2. The molecule has 0 aliphatic carbocycles. The van der Waals surface area contributed by atoms with Gasteiger partial charge in [-0.25, -0.2) is 8.42 Å². The van der Waals surface area contributed by atoms with Crippen LogP contribution in [0.4, 0.5) is 0 Å². The molecular weight excluding hydrogens is 378 g/mol. The lowest BCUT2D eigenvalue weighted by molar-refractivity contribution is 0.177. The van der Waals surface area contributed by atoms with E-state index in [0.29, 0.717) is 5.56 Å². The number of benzene rings is 2. The van der Waals surface area contributed by atoms with Crippen LogP contribution in [0.5, 0.6) is 5.75 Å². The zero-order chi connectivity index (χ0) is 19.2. The Bertz CT molecular complexity index is 909. The standard InChI is InChI=1S/C17H21NO6S2/c1-23-13-12-18(26(21,22)17-6-4-3-5-7-17)14-15-8-10-16(11-9-15)24-25(2,19)20/h3-11H,12-14H2,1-2H3. The van der Waals surface area contributed by atoms with Crippen molar-refractivity contribution in [2.45, 2.75) is 11.4 Å². The topological polar surface area (TPSA) is 90.0 Å². The van der Waals surface area contributed by atoms with Gasteiger partial charge in [0.25, 0.3) is 0 Å². The van der Waals surface area contributed by atoms with Crippen molar-refractivity contribution in [3.05, 3.63) is 60.2 Å². The molecule has 0 heterocycles. The van der Waals surface area contributed by atoms with E-state index in [1.807, 2.05) is 0 Å². The monoisotopic (exact) mass is 399 g/mol. The van der Waals surface area contributed by atoms with Crippen LogP contribution in [-0.4, -0.2) is 47.7 Å². The maximum absolute atomic E-state index is 12.9. The molecule has 0 aliphatic heterocycles. The lowest BCUT2D eigenvalue weighted by Crippen LogP contribution is -2.33. The molecule has 2 rings (SSSR count). The Hall–Kier alpha value is -1.94. The fourth-order valence-electron chi connectivity index (χ4n) is 2.25. The Morgan fingerprint density at radius 3 is 2.08 bits per heavy atom. The highest BCUT2D eigenvalue weighted by Gasteiger charge is 2.24. The molecule has 9 heteroatoms. The number of hydrogen-bond acceptors (Lipinski definition) is 6. The van der Waals surface area contributed by atoms with Gasteiger partial charge in [-0.15, -0.1) is 0 Å². The first-order valence-corrected chi connectivity index (χ1v) is 11.0. The van der Waals surface area contributed by atoms with E-state index >= 15 is 0 Å². The number of sulfonamides is 1. The molecule has 0 aromatic heterocycles. The molecule has 0 fully saturated rings. The molecule has 142 valence electrons. The highest BCUT2D eigenvalue weighted by molar-refractivity contribution is 7.89. The van der Waals surface area contributed by atoms with Crippen LogP contribution in [0, 0.1) is 0 Å². The van der Waals surface area contributed by atoms with Crippen LogP contribution in [0.3, 0.4) is 0 Å². The second kappa shape index (κ2) is 8.63. The van der Waals surface area contributed by atoms with E-state index in [9.17, 15) is 16.8 Å². The lowest BCUT2D eigenvalue weighted by Gasteiger charge is -2.22. The molecule has 0 aliphatic rings. The zero-order valence-electron chi connectivity index (χ0n) is 14.5. The van der Waals surface area contributed by atoms with Crippen molar-refractivity contribution in [2.24, 2.45) is 0 Å². The van der Waals surface area contributed by atoms with Gasteiger partial charge in [0.1, 0.15) is 5.75 Å². The number of rotatable bonds is 9. The van der Waals surface area contributed by atoms with Crippen molar-refractivity contribution < 1.29 is 25.8 Å². The van der Waals surface area contributed by atoms with E-state index in [0.717, 1.165) is 6.26 Å². The molecule has 7 nitrogen and oxygen atoms in total. The van der Waals surface area contributed by atoms with Gasteiger partial charge in [0.05, 0.1) is 17.8 Å². The highest BCUT2D eigenvalue weighted by atomic mass is 32.2. The van der Waals surface area contributed by atoms with Crippen molar-refractivity contribution in [1.82, 2.24) is 4.31 Å².